The van der Waals surface area contributed by atoms with Gasteiger partial charge in [0.2, 0.25) is 10.0 Å². The molecule has 0 bridgehead atoms. The summed E-state index contributed by atoms with van der Waals surface area (Å²) in [4.78, 5) is -0.252. The number of hydrogen-bond acceptors (Lipinski definition) is 5. The first-order valence-electron chi connectivity index (χ1n) is 7.27. The van der Waals surface area contributed by atoms with Crippen LogP contribution < -0.4 is 0 Å². The van der Waals surface area contributed by atoms with Gasteiger partial charge in [-0.05, 0) is 38.0 Å². The van der Waals surface area contributed by atoms with Crippen molar-refractivity contribution < 1.29 is 21.6 Å². The first kappa shape index (κ1) is 18.7. The van der Waals surface area contributed by atoms with Crippen molar-refractivity contribution in [2.24, 2.45) is 0 Å². The average Bonchev–Trinajstić information content (AvgIpc) is 2.47. The van der Waals surface area contributed by atoms with Crippen LogP contribution in [0, 0.1) is 0 Å². The van der Waals surface area contributed by atoms with Crippen molar-refractivity contribution in [3.05, 3.63) is 23.2 Å². The summed E-state index contributed by atoms with van der Waals surface area (Å²) >= 11 is 6.02. The van der Waals surface area contributed by atoms with E-state index < -0.39 is 19.9 Å². The second-order valence-electron chi connectivity index (χ2n) is 5.45. The van der Waals surface area contributed by atoms with E-state index in [9.17, 15) is 16.8 Å². The molecule has 23 heavy (non-hydrogen) atoms. The van der Waals surface area contributed by atoms with E-state index in [4.69, 9.17) is 16.3 Å². The van der Waals surface area contributed by atoms with Gasteiger partial charge in [-0.3, -0.25) is 0 Å². The smallest absolute Gasteiger partial charge is 0.244 e. The lowest BCUT2D eigenvalue weighted by Crippen LogP contribution is -2.43. The largest absolute Gasteiger partial charge is 0.377 e. The first-order valence-corrected chi connectivity index (χ1v) is 11.0. The Morgan fingerprint density at radius 2 is 2.00 bits per heavy atom. The normalized spacial score (nSPS) is 20.6. The summed E-state index contributed by atoms with van der Waals surface area (Å²) in [5.41, 5.74) is 0. The maximum absolute atomic E-state index is 12.8. The molecule has 1 heterocycles. The summed E-state index contributed by atoms with van der Waals surface area (Å²) < 4.78 is 55.8. The lowest BCUT2D eigenvalue weighted by atomic mass is 10.1. The van der Waals surface area contributed by atoms with Crippen molar-refractivity contribution in [3.8, 4) is 0 Å². The van der Waals surface area contributed by atoms with Crippen molar-refractivity contribution in [2.45, 2.75) is 35.7 Å². The number of sulfonamides is 1. The zero-order valence-electron chi connectivity index (χ0n) is 13.0. The van der Waals surface area contributed by atoms with E-state index in [0.717, 1.165) is 18.7 Å². The number of benzene rings is 1. The molecule has 0 aromatic heterocycles. The predicted octanol–water partition coefficient (Wildman–Crippen LogP) is 1.93. The third kappa shape index (κ3) is 4.24. The van der Waals surface area contributed by atoms with Gasteiger partial charge in [0, 0.05) is 26.0 Å². The molecule has 0 amide bonds. The highest BCUT2D eigenvalue weighted by Crippen LogP contribution is 2.29. The second-order valence-corrected chi connectivity index (χ2v) is 9.78. The quantitative estimate of drug-likeness (QED) is 0.778. The van der Waals surface area contributed by atoms with Gasteiger partial charge in [0.05, 0.1) is 16.0 Å². The van der Waals surface area contributed by atoms with E-state index in [1.54, 1.807) is 0 Å². The molecular formula is C14H20ClNO5S2. The van der Waals surface area contributed by atoms with Gasteiger partial charge in [0.15, 0.2) is 9.84 Å². The SMILES string of the molecule is CCOC1CCCN(S(=O)(=O)c2cc(S(C)(=O)=O)ccc2Cl)C1. The van der Waals surface area contributed by atoms with Gasteiger partial charge in [0.25, 0.3) is 0 Å². The van der Waals surface area contributed by atoms with Gasteiger partial charge >= 0.3 is 0 Å². The number of piperidine rings is 1. The summed E-state index contributed by atoms with van der Waals surface area (Å²) in [5, 5.41) is 0.0101. The Morgan fingerprint density at radius 3 is 2.61 bits per heavy atom. The maximum Gasteiger partial charge on any atom is 0.244 e. The van der Waals surface area contributed by atoms with Gasteiger partial charge in [-0.2, -0.15) is 4.31 Å². The first-order chi connectivity index (χ1) is 10.7. The minimum atomic E-state index is -3.87. The van der Waals surface area contributed by atoms with E-state index >= 15 is 0 Å². The zero-order chi connectivity index (χ0) is 17.3. The Bertz CT molecular complexity index is 774. The lowest BCUT2D eigenvalue weighted by Gasteiger charge is -2.31. The van der Waals surface area contributed by atoms with Crippen LogP contribution in [0.2, 0.25) is 5.02 Å². The molecule has 6 nitrogen and oxygen atoms in total. The zero-order valence-corrected chi connectivity index (χ0v) is 15.4. The lowest BCUT2D eigenvalue weighted by molar-refractivity contribution is 0.0265. The Morgan fingerprint density at radius 1 is 1.30 bits per heavy atom. The molecule has 0 saturated carbocycles. The van der Waals surface area contributed by atoms with E-state index in [1.807, 2.05) is 6.92 Å². The molecule has 1 atom stereocenters. The van der Waals surface area contributed by atoms with Crippen LogP contribution in [0.3, 0.4) is 0 Å². The monoisotopic (exact) mass is 381 g/mol. The van der Waals surface area contributed by atoms with Gasteiger partial charge < -0.3 is 4.74 Å². The highest BCUT2D eigenvalue weighted by molar-refractivity contribution is 7.91. The fourth-order valence-corrected chi connectivity index (χ4v) is 5.28. The van der Waals surface area contributed by atoms with Crippen LogP contribution in [0.1, 0.15) is 19.8 Å². The molecule has 1 aliphatic rings. The third-order valence-corrected chi connectivity index (χ3v) is 7.15. The van der Waals surface area contributed by atoms with Crippen molar-refractivity contribution in [1.82, 2.24) is 4.31 Å². The molecule has 1 aromatic rings. The molecule has 1 saturated heterocycles. The summed E-state index contributed by atoms with van der Waals surface area (Å²) in [5.74, 6) is 0. The maximum atomic E-state index is 12.8. The molecular weight excluding hydrogens is 362 g/mol. The van der Waals surface area contributed by atoms with Crippen LogP contribution in [0.15, 0.2) is 28.0 Å². The molecule has 2 rings (SSSR count). The molecule has 1 aliphatic heterocycles. The van der Waals surface area contributed by atoms with Crippen LogP contribution in [0.25, 0.3) is 0 Å². The Hall–Kier alpha value is -0.670. The Kier molecular flexibility index (Phi) is 5.73. The molecule has 130 valence electrons. The standard InChI is InChI=1S/C14H20ClNO5S2/c1-3-21-11-5-4-8-16(10-11)23(19,20)14-9-12(22(2,17)18)6-7-13(14)15/h6-7,9,11H,3-5,8,10H2,1-2H3. The second kappa shape index (κ2) is 7.06. The summed E-state index contributed by atoms with van der Waals surface area (Å²) in [6.45, 7) is 2.99. The molecule has 1 fully saturated rings. The number of hydrogen-bond donors (Lipinski definition) is 0. The molecule has 0 N–H and O–H groups in total. The topological polar surface area (TPSA) is 80.8 Å². The van der Waals surface area contributed by atoms with Crippen molar-refractivity contribution in [1.29, 1.82) is 0 Å². The minimum Gasteiger partial charge on any atom is -0.377 e. The molecule has 0 spiro atoms. The molecule has 0 aliphatic carbocycles. The van der Waals surface area contributed by atoms with Gasteiger partial charge in [-0.15, -0.1) is 0 Å². The average molecular weight is 382 g/mol. The molecule has 0 radical (unpaired) electrons. The number of halogens is 1. The van der Waals surface area contributed by atoms with Crippen LogP contribution in [0.5, 0.6) is 0 Å². The highest BCUT2D eigenvalue weighted by Gasteiger charge is 2.32. The molecule has 1 unspecified atom stereocenters. The highest BCUT2D eigenvalue weighted by atomic mass is 35.5. The van der Waals surface area contributed by atoms with Gasteiger partial charge in [0.1, 0.15) is 4.90 Å². The fraction of sp³-hybridized carbons (Fsp3) is 0.571. The van der Waals surface area contributed by atoms with Crippen molar-refractivity contribution >= 4 is 31.5 Å². The minimum absolute atomic E-state index is 0.0101. The molecule has 9 heteroatoms. The number of rotatable bonds is 5. The Labute approximate surface area is 142 Å². The third-order valence-electron chi connectivity index (χ3n) is 3.69. The fourth-order valence-electron chi connectivity index (χ4n) is 2.55. The van der Waals surface area contributed by atoms with E-state index in [2.05, 4.69) is 0 Å². The summed E-state index contributed by atoms with van der Waals surface area (Å²) in [6.07, 6.45) is 2.36. The van der Waals surface area contributed by atoms with Crippen molar-refractivity contribution in [2.75, 3.05) is 26.0 Å². The summed E-state index contributed by atoms with van der Waals surface area (Å²) in [7, 11) is -7.39. The van der Waals surface area contributed by atoms with Crippen LogP contribution in [-0.2, 0) is 24.6 Å². The summed E-state index contributed by atoms with van der Waals surface area (Å²) in [6, 6.07) is 3.72. The predicted molar refractivity (Wildman–Crippen MR) is 88.0 cm³/mol. The number of nitrogens with zero attached hydrogens (tertiary/aromatic N) is 1. The van der Waals surface area contributed by atoms with Crippen LogP contribution in [-0.4, -0.2) is 53.2 Å². The van der Waals surface area contributed by atoms with Crippen LogP contribution >= 0.6 is 11.6 Å². The molecule has 1 aromatic carbocycles. The number of sulfone groups is 1. The van der Waals surface area contributed by atoms with E-state index in [0.29, 0.717) is 19.6 Å². The van der Waals surface area contributed by atoms with E-state index in [1.165, 1.54) is 16.4 Å². The van der Waals surface area contributed by atoms with Crippen molar-refractivity contribution in [3.63, 3.8) is 0 Å². The van der Waals surface area contributed by atoms with E-state index in [-0.39, 0.29) is 27.5 Å². The Balaban J connectivity index is 2.39. The van der Waals surface area contributed by atoms with Gasteiger partial charge in [-0.25, -0.2) is 16.8 Å². The number of ether oxygens (including phenoxy) is 1. The van der Waals surface area contributed by atoms with Crippen LogP contribution in [0.4, 0.5) is 0 Å². The van der Waals surface area contributed by atoms with Gasteiger partial charge in [-0.1, -0.05) is 11.6 Å².